The molecule has 0 bridgehead atoms. The highest BCUT2D eigenvalue weighted by Crippen LogP contribution is 2.27. The Morgan fingerprint density at radius 3 is 2.85 bits per heavy atom. The molecule has 20 heavy (non-hydrogen) atoms. The standard InChI is InChI=1S/C14H19F3N2O/c15-14(16,17)8-1-2-9-18-11-4-3-5-12-10(11)6-7-13(20)19-12/h6-7,11,18H,1-5,8-9H2,(H,19,20). The second-order valence-corrected chi connectivity index (χ2v) is 5.23. The van der Waals surface area contributed by atoms with Crippen molar-refractivity contribution in [1.29, 1.82) is 0 Å². The summed E-state index contributed by atoms with van der Waals surface area (Å²) in [6.07, 6.45) is -1.32. The van der Waals surface area contributed by atoms with Gasteiger partial charge in [-0.05, 0) is 44.2 Å². The average molecular weight is 288 g/mol. The lowest BCUT2D eigenvalue weighted by Gasteiger charge is -2.26. The lowest BCUT2D eigenvalue weighted by atomic mass is 9.91. The summed E-state index contributed by atoms with van der Waals surface area (Å²) in [6, 6.07) is 3.46. The van der Waals surface area contributed by atoms with Crippen molar-refractivity contribution in [3.63, 3.8) is 0 Å². The molecule has 0 saturated heterocycles. The number of rotatable bonds is 5. The predicted molar refractivity (Wildman–Crippen MR) is 70.7 cm³/mol. The molecular weight excluding hydrogens is 269 g/mol. The van der Waals surface area contributed by atoms with Gasteiger partial charge in [-0.2, -0.15) is 13.2 Å². The third kappa shape index (κ3) is 4.37. The van der Waals surface area contributed by atoms with E-state index in [9.17, 15) is 18.0 Å². The number of fused-ring (bicyclic) bond motifs is 1. The zero-order valence-electron chi connectivity index (χ0n) is 11.2. The van der Waals surface area contributed by atoms with Crippen LogP contribution < -0.4 is 10.9 Å². The topological polar surface area (TPSA) is 44.9 Å². The highest BCUT2D eigenvalue weighted by molar-refractivity contribution is 5.26. The monoisotopic (exact) mass is 288 g/mol. The van der Waals surface area contributed by atoms with Gasteiger partial charge in [-0.15, -0.1) is 0 Å². The molecule has 6 heteroatoms. The fraction of sp³-hybridized carbons (Fsp3) is 0.643. The Morgan fingerprint density at radius 2 is 2.10 bits per heavy atom. The SMILES string of the molecule is O=c1ccc2c([nH]1)CCCC2NCCCCC(F)(F)F. The average Bonchev–Trinajstić information content (AvgIpc) is 2.36. The smallest absolute Gasteiger partial charge is 0.326 e. The molecule has 1 heterocycles. The van der Waals surface area contributed by atoms with Crippen molar-refractivity contribution in [3.05, 3.63) is 33.7 Å². The summed E-state index contributed by atoms with van der Waals surface area (Å²) in [5, 5.41) is 3.29. The molecule has 1 unspecified atom stereocenters. The third-order valence-electron chi connectivity index (χ3n) is 3.61. The van der Waals surface area contributed by atoms with Crippen LogP contribution in [0.4, 0.5) is 13.2 Å². The Morgan fingerprint density at radius 1 is 1.30 bits per heavy atom. The summed E-state index contributed by atoms with van der Waals surface area (Å²) in [5.41, 5.74) is 1.93. The minimum Gasteiger partial charge on any atom is -0.326 e. The first-order valence-corrected chi connectivity index (χ1v) is 6.98. The van der Waals surface area contributed by atoms with Crippen LogP contribution in [0.5, 0.6) is 0 Å². The largest absolute Gasteiger partial charge is 0.389 e. The number of pyridine rings is 1. The Kier molecular flexibility index (Phi) is 4.86. The van der Waals surface area contributed by atoms with Crippen molar-refractivity contribution >= 4 is 0 Å². The molecule has 0 aromatic carbocycles. The molecule has 0 spiro atoms. The number of halogens is 3. The van der Waals surface area contributed by atoms with E-state index in [1.165, 1.54) is 6.07 Å². The van der Waals surface area contributed by atoms with E-state index in [2.05, 4.69) is 10.3 Å². The minimum absolute atomic E-state index is 0.102. The number of H-pyrrole nitrogens is 1. The molecule has 112 valence electrons. The molecule has 1 aliphatic rings. The van der Waals surface area contributed by atoms with Crippen LogP contribution in [0.3, 0.4) is 0 Å². The number of aromatic nitrogens is 1. The molecule has 0 fully saturated rings. The van der Waals surface area contributed by atoms with Crippen LogP contribution in [-0.2, 0) is 6.42 Å². The molecule has 3 nitrogen and oxygen atoms in total. The van der Waals surface area contributed by atoms with Crippen molar-refractivity contribution in [2.24, 2.45) is 0 Å². The highest BCUT2D eigenvalue weighted by atomic mass is 19.4. The zero-order chi connectivity index (χ0) is 14.6. The van der Waals surface area contributed by atoms with Gasteiger partial charge in [0.15, 0.2) is 0 Å². The fourth-order valence-corrected chi connectivity index (χ4v) is 2.64. The summed E-state index contributed by atoms with van der Waals surface area (Å²) in [4.78, 5) is 14.1. The van der Waals surface area contributed by atoms with E-state index < -0.39 is 12.6 Å². The lowest BCUT2D eigenvalue weighted by molar-refractivity contribution is -0.135. The molecule has 1 atom stereocenters. The van der Waals surface area contributed by atoms with Crippen molar-refractivity contribution in [1.82, 2.24) is 10.3 Å². The quantitative estimate of drug-likeness (QED) is 0.818. The molecular formula is C14H19F3N2O. The summed E-state index contributed by atoms with van der Waals surface area (Å²) >= 11 is 0. The van der Waals surface area contributed by atoms with E-state index in [0.29, 0.717) is 13.0 Å². The summed E-state index contributed by atoms with van der Waals surface area (Å²) in [7, 11) is 0. The number of nitrogens with one attached hydrogen (secondary N) is 2. The Labute approximate surface area is 115 Å². The van der Waals surface area contributed by atoms with E-state index in [-0.39, 0.29) is 18.0 Å². The molecule has 1 aromatic rings. The molecule has 0 saturated carbocycles. The highest BCUT2D eigenvalue weighted by Gasteiger charge is 2.26. The Hall–Kier alpha value is -1.30. The van der Waals surface area contributed by atoms with E-state index in [4.69, 9.17) is 0 Å². The Balaban J connectivity index is 1.82. The van der Waals surface area contributed by atoms with Gasteiger partial charge < -0.3 is 10.3 Å². The molecule has 2 N–H and O–H groups in total. The van der Waals surface area contributed by atoms with Crippen molar-refractivity contribution < 1.29 is 13.2 Å². The number of alkyl halides is 3. The van der Waals surface area contributed by atoms with Crippen LogP contribution >= 0.6 is 0 Å². The van der Waals surface area contributed by atoms with Gasteiger partial charge >= 0.3 is 6.18 Å². The maximum Gasteiger partial charge on any atom is 0.389 e. The normalized spacial score (nSPS) is 18.9. The van der Waals surface area contributed by atoms with Crippen LogP contribution in [0, 0.1) is 0 Å². The van der Waals surface area contributed by atoms with Crippen molar-refractivity contribution in [2.75, 3.05) is 6.54 Å². The summed E-state index contributed by atoms with van der Waals surface area (Å²) in [6.45, 7) is 0.569. The van der Waals surface area contributed by atoms with Gasteiger partial charge in [0.05, 0.1) is 0 Å². The molecule has 2 rings (SSSR count). The molecule has 0 radical (unpaired) electrons. The lowest BCUT2D eigenvalue weighted by Crippen LogP contribution is -2.28. The summed E-state index contributed by atoms with van der Waals surface area (Å²) in [5.74, 6) is 0. The fourth-order valence-electron chi connectivity index (χ4n) is 2.64. The molecule has 0 aliphatic heterocycles. The number of aryl methyl sites for hydroxylation is 1. The number of hydrogen-bond donors (Lipinski definition) is 2. The van der Waals surface area contributed by atoms with Crippen molar-refractivity contribution in [2.45, 2.75) is 50.7 Å². The van der Waals surface area contributed by atoms with Crippen LogP contribution in [0.1, 0.15) is 49.4 Å². The number of unbranched alkanes of at least 4 members (excludes halogenated alkanes) is 1. The summed E-state index contributed by atoms with van der Waals surface area (Å²) < 4.78 is 36.1. The van der Waals surface area contributed by atoms with Gasteiger partial charge in [0, 0.05) is 24.2 Å². The third-order valence-corrected chi connectivity index (χ3v) is 3.61. The zero-order valence-corrected chi connectivity index (χ0v) is 11.2. The predicted octanol–water partition coefficient (Wildman–Crippen LogP) is 3.07. The number of hydrogen-bond acceptors (Lipinski definition) is 2. The second kappa shape index (κ2) is 6.43. The van der Waals surface area contributed by atoms with Gasteiger partial charge in [0.1, 0.15) is 0 Å². The molecule has 0 amide bonds. The van der Waals surface area contributed by atoms with Crippen LogP contribution in [0.25, 0.3) is 0 Å². The van der Waals surface area contributed by atoms with Gasteiger partial charge in [-0.1, -0.05) is 6.07 Å². The van der Waals surface area contributed by atoms with Gasteiger partial charge in [-0.25, -0.2) is 0 Å². The van der Waals surface area contributed by atoms with Crippen molar-refractivity contribution in [3.8, 4) is 0 Å². The van der Waals surface area contributed by atoms with Gasteiger partial charge in [0.25, 0.3) is 0 Å². The maximum atomic E-state index is 12.0. The van der Waals surface area contributed by atoms with E-state index >= 15 is 0 Å². The first-order chi connectivity index (χ1) is 9.46. The number of aromatic amines is 1. The van der Waals surface area contributed by atoms with Crippen LogP contribution in [0.15, 0.2) is 16.9 Å². The van der Waals surface area contributed by atoms with Gasteiger partial charge in [-0.3, -0.25) is 4.79 Å². The first kappa shape index (κ1) is 15.1. The minimum atomic E-state index is -4.06. The molecule has 1 aromatic heterocycles. The maximum absolute atomic E-state index is 12.0. The van der Waals surface area contributed by atoms with E-state index in [1.807, 2.05) is 6.07 Å². The first-order valence-electron chi connectivity index (χ1n) is 6.98. The Bertz CT molecular complexity index is 496. The van der Waals surface area contributed by atoms with E-state index in [0.717, 1.165) is 30.5 Å². The second-order valence-electron chi connectivity index (χ2n) is 5.23. The van der Waals surface area contributed by atoms with Gasteiger partial charge in [0.2, 0.25) is 5.56 Å². The van der Waals surface area contributed by atoms with Crippen LogP contribution in [-0.4, -0.2) is 17.7 Å². The van der Waals surface area contributed by atoms with Crippen LogP contribution in [0.2, 0.25) is 0 Å². The van der Waals surface area contributed by atoms with E-state index in [1.54, 1.807) is 0 Å². The molecule has 1 aliphatic carbocycles.